The van der Waals surface area contributed by atoms with Crippen LogP contribution in [0.1, 0.15) is 19.3 Å². The summed E-state index contributed by atoms with van der Waals surface area (Å²) in [5, 5.41) is 0.646. The second-order valence-corrected chi connectivity index (χ2v) is 4.33. The summed E-state index contributed by atoms with van der Waals surface area (Å²) in [6.45, 7) is 0. The number of hydrogen-bond donors (Lipinski definition) is 0. The number of carbonyl (C=O) groups excluding carboxylic acids is 1. The Morgan fingerprint density at radius 1 is 1.31 bits per heavy atom. The minimum atomic E-state index is -0.775. The normalized spacial score (nSPS) is 17.4. The van der Waals surface area contributed by atoms with Crippen LogP contribution in [0.3, 0.4) is 0 Å². The number of rotatable bonds is 3. The highest BCUT2D eigenvalue weighted by atomic mass is 35.5. The van der Waals surface area contributed by atoms with E-state index in [1.807, 2.05) is 0 Å². The minimum Gasteiger partial charge on any atom is -0.476 e. The van der Waals surface area contributed by atoms with Gasteiger partial charge in [0.1, 0.15) is 5.75 Å². The zero-order chi connectivity index (χ0) is 11.6. The Balaban J connectivity index is 2.13. The van der Waals surface area contributed by atoms with E-state index in [4.69, 9.17) is 21.1 Å². The van der Waals surface area contributed by atoms with Gasteiger partial charge in [-0.25, -0.2) is 4.79 Å². The van der Waals surface area contributed by atoms with E-state index in [9.17, 15) is 4.79 Å². The Morgan fingerprint density at radius 2 is 1.94 bits per heavy atom. The van der Waals surface area contributed by atoms with Gasteiger partial charge in [-0.2, -0.15) is 0 Å². The molecule has 3 nitrogen and oxygen atoms in total. The molecule has 86 valence electrons. The topological polar surface area (TPSA) is 35.5 Å². The lowest BCUT2D eigenvalue weighted by molar-refractivity contribution is -0.167. The number of benzene rings is 1. The molecule has 0 radical (unpaired) electrons. The maximum atomic E-state index is 11.6. The molecule has 1 aromatic carbocycles. The fourth-order valence-electron chi connectivity index (χ4n) is 1.76. The lowest BCUT2D eigenvalue weighted by Crippen LogP contribution is -2.51. The highest BCUT2D eigenvalue weighted by molar-refractivity contribution is 6.30. The van der Waals surface area contributed by atoms with Gasteiger partial charge in [0.15, 0.2) is 0 Å². The molecule has 0 spiro atoms. The number of ether oxygens (including phenoxy) is 2. The molecule has 1 fully saturated rings. The van der Waals surface area contributed by atoms with Crippen LogP contribution in [0.15, 0.2) is 24.3 Å². The van der Waals surface area contributed by atoms with Crippen LogP contribution in [0.2, 0.25) is 5.02 Å². The second-order valence-electron chi connectivity index (χ2n) is 3.90. The number of hydrogen-bond acceptors (Lipinski definition) is 3. The number of halogens is 1. The molecule has 0 heterocycles. The van der Waals surface area contributed by atoms with Gasteiger partial charge in [0, 0.05) is 5.02 Å². The van der Waals surface area contributed by atoms with Gasteiger partial charge in [0.25, 0.3) is 0 Å². The van der Waals surface area contributed by atoms with E-state index in [2.05, 4.69) is 0 Å². The number of carbonyl (C=O) groups is 1. The van der Waals surface area contributed by atoms with Crippen LogP contribution in [0, 0.1) is 0 Å². The lowest BCUT2D eigenvalue weighted by Gasteiger charge is -2.38. The first-order valence-electron chi connectivity index (χ1n) is 5.19. The molecular weight excluding hydrogens is 228 g/mol. The quantitative estimate of drug-likeness (QED) is 0.763. The third kappa shape index (κ3) is 2.00. The summed E-state index contributed by atoms with van der Waals surface area (Å²) in [7, 11) is 1.38. The Morgan fingerprint density at radius 3 is 2.38 bits per heavy atom. The maximum Gasteiger partial charge on any atom is 0.350 e. The standard InChI is InChI=1S/C12H13ClO3/c1-15-11(14)12(7-2-8-12)16-10-5-3-9(13)4-6-10/h3-6H,2,7-8H2,1H3. The number of esters is 1. The zero-order valence-corrected chi connectivity index (χ0v) is 9.79. The highest BCUT2D eigenvalue weighted by Gasteiger charge is 2.48. The zero-order valence-electron chi connectivity index (χ0n) is 9.03. The van der Waals surface area contributed by atoms with E-state index in [1.54, 1.807) is 24.3 Å². The van der Waals surface area contributed by atoms with Gasteiger partial charge < -0.3 is 9.47 Å². The van der Waals surface area contributed by atoms with Crippen molar-refractivity contribution in [3.8, 4) is 5.75 Å². The fraction of sp³-hybridized carbons (Fsp3) is 0.417. The van der Waals surface area contributed by atoms with Crippen molar-refractivity contribution in [1.82, 2.24) is 0 Å². The molecule has 4 heteroatoms. The summed E-state index contributed by atoms with van der Waals surface area (Å²) in [6.07, 6.45) is 2.41. The third-order valence-electron chi connectivity index (χ3n) is 2.85. The van der Waals surface area contributed by atoms with Crippen LogP contribution in [0.5, 0.6) is 5.75 Å². The second kappa shape index (κ2) is 4.34. The van der Waals surface area contributed by atoms with Crippen molar-refractivity contribution in [2.75, 3.05) is 7.11 Å². The van der Waals surface area contributed by atoms with Crippen molar-refractivity contribution in [1.29, 1.82) is 0 Å². The van der Waals surface area contributed by atoms with Gasteiger partial charge >= 0.3 is 5.97 Å². The predicted molar refractivity (Wildman–Crippen MR) is 60.7 cm³/mol. The summed E-state index contributed by atoms with van der Waals surface area (Å²) < 4.78 is 10.5. The Kier molecular flexibility index (Phi) is 3.06. The van der Waals surface area contributed by atoms with Gasteiger partial charge in [0.2, 0.25) is 5.60 Å². The summed E-state index contributed by atoms with van der Waals surface area (Å²) in [4.78, 5) is 11.6. The van der Waals surface area contributed by atoms with Crippen molar-refractivity contribution in [3.05, 3.63) is 29.3 Å². The largest absolute Gasteiger partial charge is 0.476 e. The molecule has 0 atom stereocenters. The van der Waals surface area contributed by atoms with E-state index in [-0.39, 0.29) is 5.97 Å². The SMILES string of the molecule is COC(=O)C1(Oc2ccc(Cl)cc2)CCC1. The molecule has 0 aromatic heterocycles. The average Bonchev–Trinajstić information content (AvgIpc) is 2.25. The molecule has 1 aliphatic rings. The van der Waals surface area contributed by atoms with E-state index >= 15 is 0 Å². The monoisotopic (exact) mass is 240 g/mol. The molecule has 0 aliphatic heterocycles. The predicted octanol–water partition coefficient (Wildman–Crippen LogP) is 2.81. The Labute approximate surface area is 99.3 Å². The van der Waals surface area contributed by atoms with Crippen molar-refractivity contribution < 1.29 is 14.3 Å². The molecule has 1 saturated carbocycles. The van der Waals surface area contributed by atoms with Gasteiger partial charge in [-0.15, -0.1) is 0 Å². The van der Waals surface area contributed by atoms with Gasteiger partial charge in [-0.05, 0) is 43.5 Å². The fourth-order valence-corrected chi connectivity index (χ4v) is 1.89. The summed E-state index contributed by atoms with van der Waals surface area (Å²) in [5.74, 6) is 0.350. The van der Waals surface area contributed by atoms with Crippen LogP contribution in [-0.2, 0) is 9.53 Å². The summed E-state index contributed by atoms with van der Waals surface area (Å²) >= 11 is 5.77. The van der Waals surface area contributed by atoms with Crippen LogP contribution >= 0.6 is 11.6 Å². The minimum absolute atomic E-state index is 0.297. The first kappa shape index (κ1) is 11.3. The molecule has 0 unspecified atom stereocenters. The summed E-state index contributed by atoms with van der Waals surface area (Å²) in [6, 6.07) is 6.98. The van der Waals surface area contributed by atoms with E-state index in [0.29, 0.717) is 23.6 Å². The van der Waals surface area contributed by atoms with Gasteiger partial charge in [0.05, 0.1) is 7.11 Å². The molecule has 2 rings (SSSR count). The van der Waals surface area contributed by atoms with E-state index < -0.39 is 5.60 Å². The third-order valence-corrected chi connectivity index (χ3v) is 3.10. The first-order valence-corrected chi connectivity index (χ1v) is 5.57. The maximum absolute atomic E-state index is 11.6. The van der Waals surface area contributed by atoms with Crippen LogP contribution in [0.25, 0.3) is 0 Å². The van der Waals surface area contributed by atoms with Gasteiger partial charge in [-0.3, -0.25) is 0 Å². The van der Waals surface area contributed by atoms with Crippen LogP contribution < -0.4 is 4.74 Å². The van der Waals surface area contributed by atoms with Crippen LogP contribution in [0.4, 0.5) is 0 Å². The molecular formula is C12H13ClO3. The smallest absolute Gasteiger partial charge is 0.350 e. The van der Waals surface area contributed by atoms with Crippen LogP contribution in [-0.4, -0.2) is 18.7 Å². The Hall–Kier alpha value is -1.22. The lowest BCUT2D eigenvalue weighted by atomic mass is 9.80. The molecule has 1 aliphatic carbocycles. The van der Waals surface area contributed by atoms with E-state index in [0.717, 1.165) is 6.42 Å². The van der Waals surface area contributed by atoms with Crippen molar-refractivity contribution in [2.24, 2.45) is 0 Å². The first-order chi connectivity index (χ1) is 7.66. The number of methoxy groups -OCH3 is 1. The van der Waals surface area contributed by atoms with E-state index in [1.165, 1.54) is 7.11 Å². The highest BCUT2D eigenvalue weighted by Crippen LogP contribution is 2.37. The molecule has 1 aromatic rings. The van der Waals surface area contributed by atoms with Crippen molar-refractivity contribution >= 4 is 17.6 Å². The Bertz CT molecular complexity index is 382. The van der Waals surface area contributed by atoms with Crippen molar-refractivity contribution in [3.63, 3.8) is 0 Å². The van der Waals surface area contributed by atoms with Gasteiger partial charge in [-0.1, -0.05) is 11.6 Å². The summed E-state index contributed by atoms with van der Waals surface area (Å²) in [5.41, 5.74) is -0.775. The molecule has 16 heavy (non-hydrogen) atoms. The molecule has 0 saturated heterocycles. The molecule has 0 N–H and O–H groups in total. The average molecular weight is 241 g/mol. The van der Waals surface area contributed by atoms with Crippen molar-refractivity contribution in [2.45, 2.75) is 24.9 Å². The molecule has 0 amide bonds. The molecule has 0 bridgehead atoms.